The Morgan fingerprint density at radius 2 is 1.79 bits per heavy atom. The predicted molar refractivity (Wildman–Crippen MR) is 157 cm³/mol. The summed E-state index contributed by atoms with van der Waals surface area (Å²) in [6, 6.07) is 12.7. The highest BCUT2D eigenvalue weighted by molar-refractivity contribution is 5.97. The lowest BCUT2D eigenvalue weighted by Gasteiger charge is -2.47. The molecule has 2 aromatic heterocycles. The number of fused-ring (bicyclic) bond motifs is 5. The van der Waals surface area contributed by atoms with Crippen molar-refractivity contribution in [2.24, 2.45) is 0 Å². The van der Waals surface area contributed by atoms with Crippen LogP contribution in [0, 0.1) is 0 Å². The van der Waals surface area contributed by atoms with Gasteiger partial charge in [-0.2, -0.15) is 0 Å². The molecule has 4 aromatic rings. The fourth-order valence-corrected chi connectivity index (χ4v) is 6.70. The van der Waals surface area contributed by atoms with Crippen LogP contribution in [0.4, 0.5) is 0 Å². The van der Waals surface area contributed by atoms with E-state index in [1.807, 2.05) is 47.3 Å². The number of aliphatic hydroxyl groups excluding tert-OH is 1. The third kappa shape index (κ3) is 5.22. The standard InChI is InChI=1S/C32H36N6O5/c39-14-8-4-2-1-3-7-13-37-18-22(34-35-37)17-36-19-29(40)38-26(32(36)41)16-24-23-9-5-6-10-25(23)33-30(24)31(38)21-11-12-27-28(15-21)43-20-42-27/h5-6,9-12,15,18,26,31,33,39H,1-4,7-8,13-14,16-17,19-20H2/t26-,31-/m1/s1. The smallest absolute Gasteiger partial charge is 0.246 e. The van der Waals surface area contributed by atoms with E-state index in [2.05, 4.69) is 21.4 Å². The number of para-hydroxylation sites is 1. The van der Waals surface area contributed by atoms with Crippen molar-refractivity contribution in [3.05, 3.63) is 71.2 Å². The molecule has 1 fully saturated rings. The highest BCUT2D eigenvalue weighted by Gasteiger charge is 2.48. The predicted octanol–water partition coefficient (Wildman–Crippen LogP) is 3.71. The molecular weight excluding hydrogens is 548 g/mol. The van der Waals surface area contributed by atoms with Crippen molar-refractivity contribution in [3.8, 4) is 11.5 Å². The van der Waals surface area contributed by atoms with Crippen molar-refractivity contribution in [2.45, 2.75) is 70.1 Å². The first-order chi connectivity index (χ1) is 21.1. The number of nitrogens with zero attached hydrogens (tertiary/aromatic N) is 5. The third-order valence-corrected chi connectivity index (χ3v) is 8.79. The van der Waals surface area contributed by atoms with E-state index in [4.69, 9.17) is 14.6 Å². The minimum Gasteiger partial charge on any atom is -0.454 e. The summed E-state index contributed by atoms with van der Waals surface area (Å²) in [5.41, 5.74) is 4.52. The van der Waals surface area contributed by atoms with Gasteiger partial charge in [-0.1, -0.05) is 55.2 Å². The summed E-state index contributed by atoms with van der Waals surface area (Å²) in [5.74, 6) is 1.12. The van der Waals surface area contributed by atoms with E-state index in [0.717, 1.165) is 72.8 Å². The Morgan fingerprint density at radius 1 is 0.977 bits per heavy atom. The van der Waals surface area contributed by atoms with Gasteiger partial charge in [-0.15, -0.1) is 5.10 Å². The molecule has 0 radical (unpaired) electrons. The molecule has 3 aliphatic heterocycles. The molecule has 7 rings (SSSR count). The molecule has 2 atom stereocenters. The van der Waals surface area contributed by atoms with Crippen LogP contribution in [-0.2, 0) is 29.1 Å². The van der Waals surface area contributed by atoms with Gasteiger partial charge >= 0.3 is 0 Å². The van der Waals surface area contributed by atoms with Crippen molar-refractivity contribution in [3.63, 3.8) is 0 Å². The molecule has 2 aromatic carbocycles. The summed E-state index contributed by atoms with van der Waals surface area (Å²) in [4.78, 5) is 34.9. The minimum absolute atomic E-state index is 0.0212. The third-order valence-electron chi connectivity index (χ3n) is 8.79. The number of carbonyl (C=O) groups is 2. The number of aliphatic hydroxyl groups is 1. The van der Waals surface area contributed by atoms with Crippen LogP contribution in [0.3, 0.4) is 0 Å². The largest absolute Gasteiger partial charge is 0.454 e. The molecule has 11 heteroatoms. The zero-order chi connectivity index (χ0) is 29.3. The van der Waals surface area contributed by atoms with Crippen molar-refractivity contribution in [1.29, 1.82) is 0 Å². The topological polar surface area (TPSA) is 126 Å². The number of aromatic amines is 1. The first-order valence-electron chi connectivity index (χ1n) is 15.2. The summed E-state index contributed by atoms with van der Waals surface area (Å²) >= 11 is 0. The van der Waals surface area contributed by atoms with Crippen molar-refractivity contribution in [1.82, 2.24) is 29.8 Å². The van der Waals surface area contributed by atoms with Gasteiger partial charge in [0.1, 0.15) is 18.3 Å². The molecule has 0 unspecified atom stereocenters. The van der Waals surface area contributed by atoms with E-state index in [-0.39, 0.29) is 38.3 Å². The molecule has 0 aliphatic carbocycles. The SMILES string of the molecule is O=C1[C@H]2Cc3c([nH]c4ccccc34)[C@@H](c3ccc4c(c3)OCO4)N2C(=O)CN1Cc1cn(CCCCCCCCO)nn1. The zero-order valence-corrected chi connectivity index (χ0v) is 24.1. The maximum atomic E-state index is 14.1. The Morgan fingerprint density at radius 3 is 2.67 bits per heavy atom. The number of aryl methyl sites for hydroxylation is 1. The number of aromatic nitrogens is 4. The number of unbranched alkanes of at least 4 members (excludes halogenated alkanes) is 5. The fourth-order valence-electron chi connectivity index (χ4n) is 6.70. The second kappa shape index (κ2) is 11.7. The van der Waals surface area contributed by atoms with Gasteiger partial charge in [-0.05, 0) is 42.2 Å². The molecule has 43 heavy (non-hydrogen) atoms. The van der Waals surface area contributed by atoms with Crippen molar-refractivity contribution in [2.75, 3.05) is 19.9 Å². The van der Waals surface area contributed by atoms with E-state index in [0.29, 0.717) is 23.6 Å². The van der Waals surface area contributed by atoms with Gasteiger partial charge in [0.25, 0.3) is 0 Å². The molecule has 2 N–H and O–H groups in total. The van der Waals surface area contributed by atoms with Crippen LogP contribution in [0.25, 0.3) is 10.9 Å². The maximum absolute atomic E-state index is 14.1. The number of hydrogen-bond acceptors (Lipinski definition) is 7. The Balaban J connectivity index is 1.11. The van der Waals surface area contributed by atoms with Crippen LogP contribution in [0.1, 0.15) is 67.1 Å². The summed E-state index contributed by atoms with van der Waals surface area (Å²) in [6.45, 7) is 1.40. The van der Waals surface area contributed by atoms with E-state index in [9.17, 15) is 9.59 Å². The Hall–Kier alpha value is -4.38. The molecule has 2 amide bonds. The average Bonchev–Trinajstić information content (AvgIpc) is 3.76. The first-order valence-corrected chi connectivity index (χ1v) is 15.2. The molecule has 224 valence electrons. The van der Waals surface area contributed by atoms with Crippen LogP contribution in [0.5, 0.6) is 11.5 Å². The monoisotopic (exact) mass is 584 g/mol. The zero-order valence-electron chi connectivity index (χ0n) is 24.1. The van der Waals surface area contributed by atoms with Crippen molar-refractivity contribution < 1.29 is 24.2 Å². The molecule has 3 aliphatic rings. The number of H-pyrrole nitrogens is 1. The maximum Gasteiger partial charge on any atom is 0.246 e. The lowest BCUT2D eigenvalue weighted by molar-refractivity contribution is -0.159. The fraction of sp³-hybridized carbons (Fsp3) is 0.438. The van der Waals surface area contributed by atoms with Gasteiger partial charge in [0.05, 0.1) is 18.8 Å². The molecule has 5 heterocycles. The summed E-state index contributed by atoms with van der Waals surface area (Å²) in [7, 11) is 0. The summed E-state index contributed by atoms with van der Waals surface area (Å²) in [6.07, 6.45) is 8.59. The molecule has 0 bridgehead atoms. The Labute approximate surface area is 249 Å². The van der Waals surface area contributed by atoms with E-state index < -0.39 is 12.1 Å². The second-order valence-corrected chi connectivity index (χ2v) is 11.6. The highest BCUT2D eigenvalue weighted by atomic mass is 16.7. The minimum atomic E-state index is -0.635. The summed E-state index contributed by atoms with van der Waals surface area (Å²) in [5, 5.41) is 18.6. The van der Waals surface area contributed by atoms with Crippen LogP contribution in [-0.4, -0.2) is 72.7 Å². The van der Waals surface area contributed by atoms with Gasteiger partial charge in [0, 0.05) is 36.2 Å². The van der Waals surface area contributed by atoms with Crippen molar-refractivity contribution >= 4 is 22.7 Å². The number of ether oxygens (including phenoxy) is 2. The summed E-state index contributed by atoms with van der Waals surface area (Å²) < 4.78 is 13.0. The molecule has 0 saturated carbocycles. The number of benzene rings is 2. The van der Waals surface area contributed by atoms with E-state index in [1.54, 1.807) is 9.80 Å². The average molecular weight is 585 g/mol. The number of amides is 2. The highest BCUT2D eigenvalue weighted by Crippen LogP contribution is 2.45. The lowest BCUT2D eigenvalue weighted by atomic mass is 9.86. The van der Waals surface area contributed by atoms with Gasteiger partial charge < -0.3 is 29.4 Å². The van der Waals surface area contributed by atoms with Gasteiger partial charge in [-0.25, -0.2) is 0 Å². The number of nitrogens with one attached hydrogen (secondary N) is 1. The molecule has 1 saturated heterocycles. The van der Waals surface area contributed by atoms with Gasteiger partial charge in [-0.3, -0.25) is 14.3 Å². The molecule has 11 nitrogen and oxygen atoms in total. The Bertz CT molecular complexity index is 1650. The molecule has 0 spiro atoms. The Kier molecular flexibility index (Phi) is 7.48. The van der Waals surface area contributed by atoms with Crippen LogP contribution >= 0.6 is 0 Å². The lowest BCUT2D eigenvalue weighted by Crippen LogP contribution is -2.62. The number of piperazine rings is 1. The van der Waals surface area contributed by atoms with E-state index in [1.165, 1.54) is 0 Å². The van der Waals surface area contributed by atoms with Gasteiger partial charge in [0.15, 0.2) is 11.5 Å². The van der Waals surface area contributed by atoms with Crippen LogP contribution in [0.15, 0.2) is 48.7 Å². The second-order valence-electron chi connectivity index (χ2n) is 11.6. The van der Waals surface area contributed by atoms with Gasteiger partial charge in [0.2, 0.25) is 18.6 Å². The first kappa shape index (κ1) is 27.5. The van der Waals surface area contributed by atoms with E-state index >= 15 is 0 Å². The number of carbonyl (C=O) groups excluding carboxylic acids is 2. The number of hydrogen-bond donors (Lipinski definition) is 2. The van der Waals surface area contributed by atoms with Crippen LogP contribution < -0.4 is 9.47 Å². The molecular formula is C32H36N6O5. The quantitative estimate of drug-likeness (QED) is 0.258. The normalized spacial score (nSPS) is 19.3. The number of rotatable bonds is 11. The van der Waals surface area contributed by atoms with Crippen LogP contribution in [0.2, 0.25) is 0 Å².